The first-order valence-electron chi connectivity index (χ1n) is 12.2. The molecule has 7 nitrogen and oxygen atoms in total. The smallest absolute Gasteiger partial charge is 0.322 e. The molecule has 7 heteroatoms. The van der Waals surface area contributed by atoms with Crippen LogP contribution in [0.2, 0.25) is 0 Å². The van der Waals surface area contributed by atoms with E-state index < -0.39 is 0 Å². The van der Waals surface area contributed by atoms with Crippen LogP contribution in [0, 0.1) is 0 Å². The minimum Gasteiger partial charge on any atom is -0.494 e. The van der Waals surface area contributed by atoms with E-state index in [4.69, 9.17) is 14.2 Å². The highest BCUT2D eigenvalue weighted by Gasteiger charge is 2.33. The highest BCUT2D eigenvalue weighted by Crippen LogP contribution is 2.38. The SMILES string of the molecule is CCOc1ccc([C@@H]2c3cccn3-c3ccccc3CN2C(=O)Nc2ccc3c(c2)OCCO3)cc1. The Morgan fingerprint density at radius 2 is 1.78 bits per heavy atom. The van der Waals surface area contributed by atoms with Gasteiger partial charge >= 0.3 is 6.03 Å². The third kappa shape index (κ3) is 4.02. The zero-order valence-corrected chi connectivity index (χ0v) is 20.0. The van der Waals surface area contributed by atoms with Crippen LogP contribution in [0.3, 0.4) is 0 Å². The monoisotopic (exact) mass is 481 g/mol. The predicted molar refractivity (Wildman–Crippen MR) is 137 cm³/mol. The number of rotatable bonds is 4. The first kappa shape index (κ1) is 22.1. The van der Waals surface area contributed by atoms with E-state index in [1.54, 1.807) is 0 Å². The second-order valence-electron chi connectivity index (χ2n) is 8.75. The standard InChI is InChI=1S/C29H27N3O4/c1-2-34-23-12-9-20(10-13-23)28-25-8-5-15-31(25)24-7-4-3-6-21(24)19-32(28)29(33)30-22-11-14-26-27(18-22)36-17-16-35-26/h3-15,18,28H,2,16-17,19H2,1H3,(H,30,33)/t28-/m1/s1. The van der Waals surface area contributed by atoms with Gasteiger partial charge in [0.1, 0.15) is 19.0 Å². The second-order valence-corrected chi connectivity index (χ2v) is 8.75. The lowest BCUT2D eigenvalue weighted by molar-refractivity contribution is 0.171. The van der Waals surface area contributed by atoms with Crippen LogP contribution in [0.5, 0.6) is 17.2 Å². The molecule has 0 saturated heterocycles. The summed E-state index contributed by atoms with van der Waals surface area (Å²) in [5, 5.41) is 3.09. The Hall–Kier alpha value is -4.39. The molecule has 0 unspecified atom stereocenters. The maximum absolute atomic E-state index is 13.9. The molecule has 3 heterocycles. The molecule has 0 fully saturated rings. The van der Waals surface area contributed by atoms with Gasteiger partial charge in [0.15, 0.2) is 11.5 Å². The number of fused-ring (bicyclic) bond motifs is 4. The van der Waals surface area contributed by atoms with Crippen LogP contribution in [-0.4, -0.2) is 35.3 Å². The third-order valence-corrected chi connectivity index (χ3v) is 6.53. The average molecular weight is 482 g/mol. The first-order valence-corrected chi connectivity index (χ1v) is 12.2. The molecule has 1 aromatic heterocycles. The molecule has 2 aliphatic rings. The van der Waals surface area contributed by atoms with Gasteiger partial charge in [0.05, 0.1) is 24.9 Å². The summed E-state index contributed by atoms with van der Waals surface area (Å²) in [5.74, 6) is 2.13. The molecule has 0 spiro atoms. The summed E-state index contributed by atoms with van der Waals surface area (Å²) >= 11 is 0. The maximum atomic E-state index is 13.9. The number of carbonyl (C=O) groups excluding carboxylic acids is 1. The molecule has 2 aliphatic heterocycles. The largest absolute Gasteiger partial charge is 0.494 e. The second kappa shape index (κ2) is 9.34. The van der Waals surface area contributed by atoms with Gasteiger partial charge in [-0.2, -0.15) is 0 Å². The number of amides is 2. The molecule has 2 amide bonds. The number of benzene rings is 3. The highest BCUT2D eigenvalue weighted by molar-refractivity contribution is 5.90. The molecule has 1 atom stereocenters. The Kier molecular flexibility index (Phi) is 5.73. The Morgan fingerprint density at radius 1 is 0.972 bits per heavy atom. The number of nitrogens with zero attached hydrogens (tertiary/aromatic N) is 2. The van der Waals surface area contributed by atoms with E-state index in [0.717, 1.165) is 28.3 Å². The number of para-hydroxylation sites is 1. The maximum Gasteiger partial charge on any atom is 0.322 e. The van der Waals surface area contributed by atoms with Crippen LogP contribution >= 0.6 is 0 Å². The van der Waals surface area contributed by atoms with E-state index in [1.807, 2.05) is 72.5 Å². The van der Waals surface area contributed by atoms with Gasteiger partial charge < -0.3 is 29.0 Å². The van der Waals surface area contributed by atoms with Crippen LogP contribution in [0.4, 0.5) is 10.5 Å². The Balaban J connectivity index is 1.40. The molecule has 6 rings (SSSR count). The van der Waals surface area contributed by atoms with Crippen molar-refractivity contribution in [1.82, 2.24) is 9.47 Å². The van der Waals surface area contributed by atoms with Gasteiger partial charge in [-0.3, -0.25) is 0 Å². The van der Waals surface area contributed by atoms with Crippen molar-refractivity contribution >= 4 is 11.7 Å². The zero-order chi connectivity index (χ0) is 24.5. The Bertz CT molecular complexity index is 1400. The Labute approximate surface area is 209 Å². The summed E-state index contributed by atoms with van der Waals surface area (Å²) in [7, 11) is 0. The highest BCUT2D eigenvalue weighted by atomic mass is 16.6. The lowest BCUT2D eigenvalue weighted by Gasteiger charge is -2.31. The lowest BCUT2D eigenvalue weighted by Crippen LogP contribution is -2.38. The molecule has 0 aliphatic carbocycles. The summed E-state index contributed by atoms with van der Waals surface area (Å²) in [4.78, 5) is 15.8. The number of hydrogen-bond donors (Lipinski definition) is 1. The van der Waals surface area contributed by atoms with Crippen molar-refractivity contribution in [3.8, 4) is 22.9 Å². The topological polar surface area (TPSA) is 65.0 Å². The molecule has 0 radical (unpaired) electrons. The van der Waals surface area contributed by atoms with E-state index in [0.29, 0.717) is 43.6 Å². The van der Waals surface area contributed by atoms with E-state index in [2.05, 4.69) is 34.3 Å². The third-order valence-electron chi connectivity index (χ3n) is 6.53. The van der Waals surface area contributed by atoms with Gasteiger partial charge in [0.25, 0.3) is 0 Å². The summed E-state index contributed by atoms with van der Waals surface area (Å²) in [6, 6.07) is 25.3. The van der Waals surface area contributed by atoms with Gasteiger partial charge in [-0.25, -0.2) is 4.79 Å². The fourth-order valence-electron chi connectivity index (χ4n) is 4.92. The van der Waals surface area contributed by atoms with E-state index in [1.165, 1.54) is 0 Å². The van der Waals surface area contributed by atoms with Crippen molar-refractivity contribution in [2.75, 3.05) is 25.1 Å². The molecule has 3 aromatic carbocycles. The van der Waals surface area contributed by atoms with Crippen molar-refractivity contribution in [1.29, 1.82) is 0 Å². The van der Waals surface area contributed by atoms with Gasteiger partial charge in [0.2, 0.25) is 0 Å². The molecule has 36 heavy (non-hydrogen) atoms. The number of urea groups is 1. The minimum atomic E-state index is -0.305. The number of hydrogen-bond acceptors (Lipinski definition) is 4. The fourth-order valence-corrected chi connectivity index (χ4v) is 4.92. The van der Waals surface area contributed by atoms with Crippen LogP contribution in [0.1, 0.15) is 29.8 Å². The number of aromatic nitrogens is 1. The molecule has 0 bridgehead atoms. The molecule has 0 saturated carbocycles. The number of nitrogens with one attached hydrogen (secondary N) is 1. The Morgan fingerprint density at radius 3 is 2.61 bits per heavy atom. The van der Waals surface area contributed by atoms with Crippen molar-refractivity contribution in [2.24, 2.45) is 0 Å². The number of carbonyl (C=O) groups is 1. The van der Waals surface area contributed by atoms with Gasteiger partial charge in [-0.05, 0) is 60.5 Å². The van der Waals surface area contributed by atoms with Gasteiger partial charge in [0, 0.05) is 23.6 Å². The summed E-state index contributed by atoms with van der Waals surface area (Å²) in [6.07, 6.45) is 2.05. The van der Waals surface area contributed by atoms with Crippen molar-refractivity contribution in [3.63, 3.8) is 0 Å². The number of ether oxygens (including phenoxy) is 3. The molecule has 1 N–H and O–H groups in total. The van der Waals surface area contributed by atoms with Crippen LogP contribution in [0.15, 0.2) is 85.1 Å². The van der Waals surface area contributed by atoms with Crippen LogP contribution in [-0.2, 0) is 6.54 Å². The summed E-state index contributed by atoms with van der Waals surface area (Å²) < 4.78 is 19.2. The van der Waals surface area contributed by atoms with Crippen molar-refractivity contribution in [2.45, 2.75) is 19.5 Å². The number of anilines is 1. The normalized spacial score (nSPS) is 15.9. The molecular formula is C29H27N3O4. The fraction of sp³-hybridized carbons (Fsp3) is 0.207. The van der Waals surface area contributed by atoms with Crippen molar-refractivity contribution in [3.05, 3.63) is 102 Å². The van der Waals surface area contributed by atoms with E-state index in [-0.39, 0.29) is 12.1 Å². The average Bonchev–Trinajstić information content (AvgIpc) is 3.34. The van der Waals surface area contributed by atoms with Gasteiger partial charge in [-0.1, -0.05) is 30.3 Å². The first-order chi connectivity index (χ1) is 17.7. The van der Waals surface area contributed by atoms with Crippen molar-refractivity contribution < 1.29 is 19.0 Å². The quantitative estimate of drug-likeness (QED) is 0.401. The molecular weight excluding hydrogens is 454 g/mol. The minimum absolute atomic E-state index is 0.199. The van der Waals surface area contributed by atoms with Crippen LogP contribution in [0.25, 0.3) is 5.69 Å². The van der Waals surface area contributed by atoms with E-state index >= 15 is 0 Å². The molecule has 4 aromatic rings. The lowest BCUT2D eigenvalue weighted by atomic mass is 10.0. The summed E-state index contributed by atoms with van der Waals surface area (Å²) in [5.41, 5.74) is 4.82. The predicted octanol–water partition coefficient (Wildman–Crippen LogP) is 5.78. The zero-order valence-electron chi connectivity index (χ0n) is 20.0. The van der Waals surface area contributed by atoms with Gasteiger partial charge in [-0.15, -0.1) is 0 Å². The summed E-state index contributed by atoms with van der Waals surface area (Å²) in [6.45, 7) is 4.03. The molecule has 182 valence electrons. The van der Waals surface area contributed by atoms with Crippen LogP contribution < -0.4 is 19.5 Å². The van der Waals surface area contributed by atoms with E-state index in [9.17, 15) is 4.79 Å².